The van der Waals surface area contributed by atoms with Crippen molar-refractivity contribution in [3.05, 3.63) is 87.9 Å². The Hall–Kier alpha value is -3.83. The maximum absolute atomic E-state index is 13.3. The van der Waals surface area contributed by atoms with Crippen LogP contribution in [0, 0.1) is 17.1 Å². The van der Waals surface area contributed by atoms with E-state index in [9.17, 15) is 18.8 Å². The van der Waals surface area contributed by atoms with E-state index in [4.69, 9.17) is 5.26 Å². The van der Waals surface area contributed by atoms with Crippen LogP contribution >= 0.6 is 11.3 Å². The van der Waals surface area contributed by atoms with Crippen molar-refractivity contribution in [1.82, 2.24) is 4.90 Å². The van der Waals surface area contributed by atoms with Gasteiger partial charge in [-0.2, -0.15) is 5.26 Å². The summed E-state index contributed by atoms with van der Waals surface area (Å²) in [4.78, 5) is 42.0. The van der Waals surface area contributed by atoms with Crippen LogP contribution in [0.3, 0.4) is 0 Å². The first kappa shape index (κ1) is 20.4. The molecule has 2 aromatic carbocycles. The molecule has 0 saturated carbocycles. The number of halogens is 1. The zero-order chi connectivity index (χ0) is 22.0. The number of anilines is 1. The minimum atomic E-state index is -0.984. The fraction of sp³-hybridized carbons (Fsp3) is 0.130. The van der Waals surface area contributed by atoms with Gasteiger partial charge in [-0.05, 0) is 53.4 Å². The van der Waals surface area contributed by atoms with Crippen molar-refractivity contribution in [3.63, 3.8) is 0 Å². The predicted octanol–water partition coefficient (Wildman–Crippen LogP) is 3.73. The highest BCUT2D eigenvalue weighted by Crippen LogP contribution is 2.28. The molecule has 2 heterocycles. The Morgan fingerprint density at radius 2 is 1.84 bits per heavy atom. The smallest absolute Gasteiger partial charge is 0.264 e. The molecule has 0 radical (unpaired) electrons. The zero-order valence-electron chi connectivity index (χ0n) is 16.2. The van der Waals surface area contributed by atoms with Crippen LogP contribution in [0.1, 0.15) is 27.2 Å². The average Bonchev–Trinajstić information content (AvgIpc) is 3.41. The van der Waals surface area contributed by atoms with Crippen LogP contribution in [0.2, 0.25) is 0 Å². The predicted molar refractivity (Wildman–Crippen MR) is 113 cm³/mol. The number of amides is 3. The highest BCUT2D eigenvalue weighted by Gasteiger charge is 2.44. The Balaban J connectivity index is 1.66. The van der Waals surface area contributed by atoms with E-state index in [1.54, 1.807) is 29.6 Å². The largest absolute Gasteiger partial charge is 0.321 e. The highest BCUT2D eigenvalue weighted by atomic mass is 32.1. The van der Waals surface area contributed by atoms with Crippen LogP contribution in [0.5, 0.6) is 0 Å². The summed E-state index contributed by atoms with van der Waals surface area (Å²) >= 11 is 1.24. The summed E-state index contributed by atoms with van der Waals surface area (Å²) in [6.45, 7) is 0.0575. The summed E-state index contributed by atoms with van der Waals surface area (Å²) in [6, 6.07) is 16.2. The molecule has 1 saturated heterocycles. The Bertz CT molecular complexity index is 1170. The van der Waals surface area contributed by atoms with Crippen LogP contribution < -0.4 is 4.90 Å². The monoisotopic (exact) mass is 433 g/mol. The van der Waals surface area contributed by atoms with Crippen LogP contribution in [0.15, 0.2) is 66.0 Å². The fourth-order valence-electron chi connectivity index (χ4n) is 3.47. The van der Waals surface area contributed by atoms with Gasteiger partial charge in [0.1, 0.15) is 11.9 Å². The van der Waals surface area contributed by atoms with Gasteiger partial charge in [0, 0.05) is 6.54 Å². The molecule has 8 heteroatoms. The summed E-state index contributed by atoms with van der Waals surface area (Å²) in [7, 11) is 0. The van der Waals surface area contributed by atoms with E-state index in [0.29, 0.717) is 21.7 Å². The van der Waals surface area contributed by atoms with Gasteiger partial charge in [-0.3, -0.25) is 14.4 Å². The number of hydrogen-bond acceptors (Lipinski definition) is 5. The van der Waals surface area contributed by atoms with Gasteiger partial charge in [0.05, 0.1) is 28.6 Å². The van der Waals surface area contributed by atoms with Gasteiger partial charge in [0.2, 0.25) is 5.91 Å². The Kier molecular flexibility index (Phi) is 5.60. The Morgan fingerprint density at radius 3 is 2.45 bits per heavy atom. The molecular formula is C23H16FN3O3S. The van der Waals surface area contributed by atoms with Crippen molar-refractivity contribution in [1.29, 1.82) is 5.26 Å². The molecule has 1 aromatic heterocycles. The van der Waals surface area contributed by atoms with Crippen molar-refractivity contribution in [2.45, 2.75) is 19.0 Å². The Labute approximate surface area is 181 Å². The van der Waals surface area contributed by atoms with Gasteiger partial charge in [0.25, 0.3) is 11.8 Å². The van der Waals surface area contributed by atoms with E-state index in [-0.39, 0.29) is 18.9 Å². The average molecular weight is 433 g/mol. The first-order valence-corrected chi connectivity index (χ1v) is 10.3. The van der Waals surface area contributed by atoms with E-state index in [0.717, 1.165) is 4.90 Å². The number of benzene rings is 2. The molecule has 0 N–H and O–H groups in total. The highest BCUT2D eigenvalue weighted by molar-refractivity contribution is 7.12. The second kappa shape index (κ2) is 8.50. The van der Waals surface area contributed by atoms with Gasteiger partial charge < -0.3 is 4.90 Å². The van der Waals surface area contributed by atoms with E-state index < -0.39 is 23.7 Å². The third-order valence-corrected chi connectivity index (χ3v) is 5.87. The minimum Gasteiger partial charge on any atom is -0.321 e. The van der Waals surface area contributed by atoms with Crippen molar-refractivity contribution in [2.75, 3.05) is 4.90 Å². The molecule has 1 aliphatic rings. The molecule has 6 nitrogen and oxygen atoms in total. The number of hydrogen-bond donors (Lipinski definition) is 0. The van der Waals surface area contributed by atoms with Gasteiger partial charge >= 0.3 is 0 Å². The normalized spacial score (nSPS) is 15.7. The molecule has 1 aliphatic heterocycles. The molecular weight excluding hydrogens is 417 g/mol. The molecule has 0 bridgehead atoms. The standard InChI is InChI=1S/C23H16FN3O3S/c24-17-7-3-16(4-8-17)14-26(23(30)20-2-1-11-31-20)19-12-21(28)27(22(19)29)18-9-5-15(13-25)6-10-18/h1-11,19H,12,14H2. The molecule has 1 atom stereocenters. The third-order valence-electron chi connectivity index (χ3n) is 5.01. The summed E-state index contributed by atoms with van der Waals surface area (Å²) in [5.41, 5.74) is 1.40. The lowest BCUT2D eigenvalue weighted by atomic mass is 10.1. The number of carbonyl (C=O) groups excluding carboxylic acids is 3. The van der Waals surface area contributed by atoms with Crippen LogP contribution in [0.25, 0.3) is 0 Å². The molecule has 0 spiro atoms. The SMILES string of the molecule is N#Cc1ccc(N2C(=O)CC(N(Cc3ccc(F)cc3)C(=O)c3cccs3)C2=O)cc1. The number of imide groups is 1. The number of thiophene rings is 1. The lowest BCUT2D eigenvalue weighted by Gasteiger charge is -2.27. The number of nitrogens with zero attached hydrogens (tertiary/aromatic N) is 3. The second-order valence-electron chi connectivity index (χ2n) is 6.98. The van der Waals surface area contributed by atoms with Gasteiger partial charge in [-0.25, -0.2) is 9.29 Å². The molecule has 1 unspecified atom stereocenters. The van der Waals surface area contributed by atoms with E-state index in [1.165, 1.54) is 52.6 Å². The van der Waals surface area contributed by atoms with Gasteiger partial charge in [0.15, 0.2) is 0 Å². The first-order chi connectivity index (χ1) is 15.0. The first-order valence-electron chi connectivity index (χ1n) is 9.44. The van der Waals surface area contributed by atoms with E-state index >= 15 is 0 Å². The lowest BCUT2D eigenvalue weighted by Crippen LogP contribution is -2.44. The molecule has 154 valence electrons. The topological polar surface area (TPSA) is 81.5 Å². The van der Waals surface area contributed by atoms with E-state index in [1.807, 2.05) is 6.07 Å². The molecule has 31 heavy (non-hydrogen) atoms. The van der Waals surface area contributed by atoms with Crippen molar-refractivity contribution in [2.24, 2.45) is 0 Å². The van der Waals surface area contributed by atoms with Crippen molar-refractivity contribution >= 4 is 34.7 Å². The summed E-state index contributed by atoms with van der Waals surface area (Å²) in [6.07, 6.45) is -0.156. The number of carbonyl (C=O) groups is 3. The van der Waals surface area contributed by atoms with Gasteiger partial charge in [-0.1, -0.05) is 18.2 Å². The second-order valence-corrected chi connectivity index (χ2v) is 7.93. The molecule has 3 aromatic rings. The van der Waals surface area contributed by atoms with Crippen molar-refractivity contribution in [3.8, 4) is 6.07 Å². The molecule has 4 rings (SSSR count). The zero-order valence-corrected chi connectivity index (χ0v) is 17.0. The number of nitriles is 1. The van der Waals surface area contributed by atoms with Crippen molar-refractivity contribution < 1.29 is 18.8 Å². The minimum absolute atomic E-state index is 0.0575. The third kappa shape index (κ3) is 4.09. The Morgan fingerprint density at radius 1 is 1.13 bits per heavy atom. The van der Waals surface area contributed by atoms with Crippen LogP contribution in [-0.2, 0) is 16.1 Å². The summed E-state index contributed by atoms with van der Waals surface area (Å²) in [5, 5.41) is 10.7. The fourth-order valence-corrected chi connectivity index (χ4v) is 4.15. The van der Waals surface area contributed by atoms with Gasteiger partial charge in [-0.15, -0.1) is 11.3 Å². The summed E-state index contributed by atoms with van der Waals surface area (Å²) in [5.74, 6) is -1.71. The van der Waals surface area contributed by atoms with Crippen LogP contribution in [0.4, 0.5) is 10.1 Å². The maximum Gasteiger partial charge on any atom is 0.264 e. The van der Waals surface area contributed by atoms with Crippen LogP contribution in [-0.4, -0.2) is 28.7 Å². The molecule has 0 aliphatic carbocycles. The summed E-state index contributed by atoms with van der Waals surface area (Å²) < 4.78 is 13.3. The van der Waals surface area contributed by atoms with E-state index in [2.05, 4.69) is 0 Å². The number of rotatable bonds is 5. The quantitative estimate of drug-likeness (QED) is 0.574. The maximum atomic E-state index is 13.3. The molecule has 3 amide bonds. The molecule has 1 fully saturated rings. The lowest BCUT2D eigenvalue weighted by molar-refractivity contribution is -0.122.